The van der Waals surface area contributed by atoms with Crippen molar-refractivity contribution in [1.82, 2.24) is 0 Å². The van der Waals surface area contributed by atoms with Crippen LogP contribution in [0, 0.1) is 44.8 Å². The van der Waals surface area contributed by atoms with Gasteiger partial charge in [0.2, 0.25) is 0 Å². The van der Waals surface area contributed by atoms with Crippen molar-refractivity contribution in [2.24, 2.45) is 44.8 Å². The van der Waals surface area contributed by atoms with Crippen molar-refractivity contribution in [1.29, 1.82) is 0 Å². The van der Waals surface area contributed by atoms with E-state index in [1.54, 1.807) is 13.8 Å². The van der Waals surface area contributed by atoms with E-state index in [4.69, 9.17) is 33.2 Å². The second kappa shape index (κ2) is 15.3. The first-order chi connectivity index (χ1) is 28.3. The molecule has 61 heavy (non-hydrogen) atoms. The minimum absolute atomic E-state index is 0.0638. The normalized spacial score (nSPS) is 53.8. The highest BCUT2D eigenvalue weighted by Gasteiger charge is 2.85. The first-order valence-corrected chi connectivity index (χ1v) is 22.6. The lowest BCUT2D eigenvalue weighted by Gasteiger charge is -2.65. The van der Waals surface area contributed by atoms with E-state index in [1.807, 2.05) is 0 Å². The molecule has 348 valence electrons. The SMILES string of the molecule is CC(=O)OC1C(O)COC(O[C@H]2CCC34CC35CC[C@]3(C)C([C@@]6(C)CCC(C(C)(C)O)O6)[C@@H](O)C[C@@]3(C)C5C[C@H](OC3OC(CO)C(O)C(O)C3O)C4C2(C)C)C1OC(C)=O. The minimum atomic E-state index is -1.63. The molecule has 21 atom stereocenters. The molecule has 3 heterocycles. The molecule has 0 aromatic heterocycles. The zero-order valence-corrected chi connectivity index (χ0v) is 37.3. The van der Waals surface area contributed by atoms with Gasteiger partial charge in [0.25, 0.3) is 0 Å². The molecule has 5 aliphatic carbocycles. The number of rotatable bonds is 9. The van der Waals surface area contributed by atoms with Crippen LogP contribution in [-0.4, -0.2) is 152 Å². The zero-order chi connectivity index (χ0) is 44.6. The maximum Gasteiger partial charge on any atom is 0.303 e. The topological polar surface area (TPSA) is 240 Å². The van der Waals surface area contributed by atoms with E-state index in [-0.39, 0.29) is 52.1 Å². The summed E-state index contributed by atoms with van der Waals surface area (Å²) in [6.45, 7) is 16.1. The number of aliphatic hydroxyl groups excluding tert-OH is 6. The Bertz CT molecular complexity index is 1680. The highest BCUT2D eigenvalue weighted by Crippen LogP contribution is 2.89. The third-order valence-corrected chi connectivity index (χ3v) is 18.2. The summed E-state index contributed by atoms with van der Waals surface area (Å²) in [7, 11) is 0. The van der Waals surface area contributed by atoms with Crippen LogP contribution in [0.3, 0.4) is 0 Å². The maximum absolute atomic E-state index is 12.4. The van der Waals surface area contributed by atoms with Gasteiger partial charge in [-0.15, -0.1) is 0 Å². The monoisotopic (exact) mass is 868 g/mol. The molecule has 0 aromatic carbocycles. The molecular weight excluding hydrogens is 796 g/mol. The smallest absolute Gasteiger partial charge is 0.303 e. The number of fused-ring (bicyclic) bond motifs is 2. The molecule has 16 heteroatoms. The molecule has 5 saturated carbocycles. The van der Waals surface area contributed by atoms with Crippen molar-refractivity contribution in [3.8, 4) is 0 Å². The number of carbonyl (C=O) groups is 2. The van der Waals surface area contributed by atoms with Gasteiger partial charge in [-0.05, 0) is 117 Å². The number of esters is 2. The molecule has 2 spiro atoms. The fraction of sp³-hybridized carbons (Fsp3) is 0.956. The number of aliphatic hydroxyl groups is 7. The standard InChI is InChI=1S/C45H72O16/c1-21(47)56-33-24(50)19-55-38(34(33)57-22(2)48)60-28-11-13-45-20-44(45)15-14-41(7)35(43(9)12-10-29(61-43)40(5,6)54)23(49)17-42(41,8)27(44)16-25(36(45)39(28,3)4)58-37-32(53)31(52)30(51)26(18-46)59-37/h23-38,46,49-54H,10-20H2,1-9H3/t23-,24?,25-,26?,27?,28-,29?,30?,31?,32?,33?,34?,35?,36?,37?,38?,41+,42-,43+,44?,45?/m0/s1. The summed E-state index contributed by atoms with van der Waals surface area (Å²) in [5.41, 5.74) is -3.46. The van der Waals surface area contributed by atoms with Gasteiger partial charge in [-0.2, -0.15) is 0 Å². The van der Waals surface area contributed by atoms with Gasteiger partial charge in [-0.1, -0.05) is 27.7 Å². The van der Waals surface area contributed by atoms with E-state index < -0.39 is 109 Å². The van der Waals surface area contributed by atoms with Crippen LogP contribution in [0.15, 0.2) is 0 Å². The van der Waals surface area contributed by atoms with Gasteiger partial charge < -0.3 is 68.9 Å². The summed E-state index contributed by atoms with van der Waals surface area (Å²) < 4.78 is 43.6. The molecule has 3 aliphatic heterocycles. The third-order valence-electron chi connectivity index (χ3n) is 18.2. The van der Waals surface area contributed by atoms with Crippen molar-refractivity contribution in [2.75, 3.05) is 13.2 Å². The molecule has 7 N–H and O–H groups in total. The van der Waals surface area contributed by atoms with Crippen LogP contribution in [0.1, 0.15) is 120 Å². The lowest BCUT2D eigenvalue weighted by atomic mass is 9.41. The van der Waals surface area contributed by atoms with Crippen molar-refractivity contribution >= 4 is 11.9 Å². The van der Waals surface area contributed by atoms with E-state index >= 15 is 0 Å². The minimum Gasteiger partial charge on any atom is -0.455 e. The van der Waals surface area contributed by atoms with Gasteiger partial charge in [0.15, 0.2) is 24.8 Å². The number of hydrogen-bond donors (Lipinski definition) is 7. The Hall–Kier alpha value is -1.54. The van der Waals surface area contributed by atoms with Crippen molar-refractivity contribution in [3.05, 3.63) is 0 Å². The van der Waals surface area contributed by atoms with Crippen molar-refractivity contribution < 1.29 is 78.5 Å². The molecule has 16 nitrogen and oxygen atoms in total. The van der Waals surface area contributed by atoms with Crippen LogP contribution in [0.25, 0.3) is 0 Å². The fourth-order valence-corrected chi connectivity index (χ4v) is 15.5. The van der Waals surface area contributed by atoms with Gasteiger partial charge in [-0.3, -0.25) is 9.59 Å². The Kier molecular flexibility index (Phi) is 11.5. The second-order valence-electron chi connectivity index (χ2n) is 22.2. The Morgan fingerprint density at radius 2 is 1.43 bits per heavy atom. The van der Waals surface area contributed by atoms with Gasteiger partial charge in [0.1, 0.15) is 30.5 Å². The molecule has 0 bridgehead atoms. The van der Waals surface area contributed by atoms with Crippen LogP contribution in [0.4, 0.5) is 0 Å². The van der Waals surface area contributed by atoms with Gasteiger partial charge >= 0.3 is 11.9 Å². The summed E-state index contributed by atoms with van der Waals surface area (Å²) in [5, 5.41) is 77.1. The first kappa shape index (κ1) is 46.0. The first-order valence-electron chi connectivity index (χ1n) is 22.6. The largest absolute Gasteiger partial charge is 0.455 e. The van der Waals surface area contributed by atoms with Crippen LogP contribution >= 0.6 is 0 Å². The lowest BCUT2D eigenvalue weighted by molar-refractivity contribution is -0.339. The van der Waals surface area contributed by atoms with E-state index in [0.29, 0.717) is 25.7 Å². The third kappa shape index (κ3) is 6.89. The molecule has 8 rings (SSSR count). The van der Waals surface area contributed by atoms with Crippen molar-refractivity contribution in [3.63, 3.8) is 0 Å². The average Bonchev–Trinajstić information content (AvgIpc) is 3.52. The Balaban J connectivity index is 1.15. The summed E-state index contributed by atoms with van der Waals surface area (Å²) >= 11 is 0. The predicted molar refractivity (Wildman–Crippen MR) is 213 cm³/mol. The highest BCUT2D eigenvalue weighted by atomic mass is 16.7. The zero-order valence-electron chi connectivity index (χ0n) is 37.3. The van der Waals surface area contributed by atoms with Crippen LogP contribution in [0.5, 0.6) is 0 Å². The summed E-state index contributed by atoms with van der Waals surface area (Å²) in [6, 6.07) is 0. The Morgan fingerprint density at radius 3 is 2.05 bits per heavy atom. The van der Waals surface area contributed by atoms with Crippen molar-refractivity contribution in [2.45, 2.75) is 211 Å². The predicted octanol–water partition coefficient (Wildman–Crippen LogP) is 1.87. The molecule has 0 radical (unpaired) electrons. The second-order valence-corrected chi connectivity index (χ2v) is 22.2. The number of ether oxygens (including phenoxy) is 7. The highest BCUT2D eigenvalue weighted by molar-refractivity contribution is 5.67. The Labute approximate surface area is 358 Å². The van der Waals surface area contributed by atoms with E-state index in [1.165, 1.54) is 13.8 Å². The molecule has 8 fully saturated rings. The van der Waals surface area contributed by atoms with Crippen LogP contribution < -0.4 is 0 Å². The molecule has 0 aromatic rings. The summed E-state index contributed by atoms with van der Waals surface area (Å²) in [6.07, 6.45) is -7.80. The van der Waals surface area contributed by atoms with Gasteiger partial charge in [-0.25, -0.2) is 0 Å². The molecule has 0 amide bonds. The fourth-order valence-electron chi connectivity index (χ4n) is 15.5. The van der Waals surface area contributed by atoms with Gasteiger partial charge in [0.05, 0.1) is 48.8 Å². The number of carbonyl (C=O) groups excluding carboxylic acids is 2. The van der Waals surface area contributed by atoms with E-state index in [2.05, 4.69) is 34.6 Å². The molecule has 15 unspecified atom stereocenters. The Morgan fingerprint density at radius 1 is 0.754 bits per heavy atom. The molecule has 8 aliphatic rings. The molecule has 3 saturated heterocycles. The quantitative estimate of drug-likeness (QED) is 0.129. The van der Waals surface area contributed by atoms with Crippen LogP contribution in [0.2, 0.25) is 0 Å². The lowest BCUT2D eigenvalue weighted by Crippen LogP contribution is -2.65. The van der Waals surface area contributed by atoms with Gasteiger partial charge in [0, 0.05) is 19.8 Å². The maximum atomic E-state index is 12.4. The number of hydrogen-bond acceptors (Lipinski definition) is 16. The summed E-state index contributed by atoms with van der Waals surface area (Å²) in [5.74, 6) is -1.67. The van der Waals surface area contributed by atoms with Crippen LogP contribution in [-0.2, 0) is 42.7 Å². The average molecular weight is 869 g/mol. The van der Waals surface area contributed by atoms with E-state index in [9.17, 15) is 45.3 Å². The summed E-state index contributed by atoms with van der Waals surface area (Å²) in [4.78, 5) is 24.5. The molecular formula is C45H72O16. The van der Waals surface area contributed by atoms with E-state index in [0.717, 1.165) is 32.1 Å².